The summed E-state index contributed by atoms with van der Waals surface area (Å²) >= 11 is 6.10. The summed E-state index contributed by atoms with van der Waals surface area (Å²) in [5.74, 6) is 0.635. The maximum Gasteiger partial charge on any atom is 0.0731 e. The van der Waals surface area contributed by atoms with Crippen molar-refractivity contribution in [3.05, 3.63) is 28.8 Å². The molecule has 1 fully saturated rings. The Bertz CT molecular complexity index is 423. The van der Waals surface area contributed by atoms with Crippen LogP contribution in [0.4, 0.5) is 5.69 Å². The van der Waals surface area contributed by atoms with Crippen molar-refractivity contribution in [1.29, 1.82) is 0 Å². The Hall–Kier alpha value is -0.770. The zero-order valence-electron chi connectivity index (χ0n) is 11.7. The molecule has 0 radical (unpaired) electrons. The summed E-state index contributed by atoms with van der Waals surface area (Å²) in [7, 11) is 0. The van der Waals surface area contributed by atoms with Crippen LogP contribution in [0.15, 0.2) is 18.2 Å². The largest absolute Gasteiger partial charge is 0.391 e. The number of rotatable bonds is 5. The lowest BCUT2D eigenvalue weighted by Gasteiger charge is -2.22. The number of β-amino-alcohol motifs (C(OH)–C–C–N with tert-alkyl or cyclic N) is 1. The number of nitrogens with one attached hydrogen (secondary N) is 1. The summed E-state index contributed by atoms with van der Waals surface area (Å²) in [6, 6.07) is 6.01. The first-order chi connectivity index (χ1) is 9.06. The lowest BCUT2D eigenvalue weighted by Crippen LogP contribution is -2.25. The molecule has 1 heterocycles. The van der Waals surface area contributed by atoms with E-state index in [-0.39, 0.29) is 6.10 Å². The van der Waals surface area contributed by atoms with E-state index in [9.17, 15) is 5.11 Å². The molecule has 3 nitrogen and oxygen atoms in total. The topological polar surface area (TPSA) is 35.5 Å². The van der Waals surface area contributed by atoms with Crippen molar-refractivity contribution >= 4 is 17.3 Å². The Labute approximate surface area is 120 Å². The molecule has 4 heteroatoms. The van der Waals surface area contributed by atoms with Crippen molar-refractivity contribution in [3.8, 4) is 0 Å². The van der Waals surface area contributed by atoms with Gasteiger partial charge in [0, 0.05) is 30.3 Å². The first kappa shape index (κ1) is 14.6. The molecule has 2 N–H and O–H groups in total. The average Bonchev–Trinajstić information content (AvgIpc) is 2.75. The third-order valence-electron chi connectivity index (χ3n) is 3.41. The second-order valence-electron chi connectivity index (χ2n) is 5.69. The number of anilines is 1. The summed E-state index contributed by atoms with van der Waals surface area (Å²) in [4.78, 5) is 2.24. The Kier molecular flexibility index (Phi) is 5.08. The minimum absolute atomic E-state index is 0.202. The van der Waals surface area contributed by atoms with E-state index in [4.69, 9.17) is 11.6 Å². The predicted molar refractivity (Wildman–Crippen MR) is 80.8 cm³/mol. The van der Waals surface area contributed by atoms with Gasteiger partial charge in [0.1, 0.15) is 0 Å². The van der Waals surface area contributed by atoms with Crippen LogP contribution in [-0.4, -0.2) is 30.8 Å². The average molecular weight is 283 g/mol. The number of hydrogen-bond donors (Lipinski definition) is 2. The number of halogens is 1. The maximum atomic E-state index is 9.67. The van der Waals surface area contributed by atoms with Gasteiger partial charge in [-0.15, -0.1) is 0 Å². The van der Waals surface area contributed by atoms with Gasteiger partial charge in [-0.1, -0.05) is 25.4 Å². The molecule has 1 aromatic carbocycles. The maximum absolute atomic E-state index is 9.67. The molecule has 0 spiro atoms. The molecule has 0 amide bonds. The van der Waals surface area contributed by atoms with E-state index < -0.39 is 0 Å². The monoisotopic (exact) mass is 282 g/mol. The van der Waals surface area contributed by atoms with Crippen LogP contribution in [0.1, 0.15) is 25.8 Å². The van der Waals surface area contributed by atoms with Crippen LogP contribution in [-0.2, 0) is 6.54 Å². The number of hydrogen-bond acceptors (Lipinski definition) is 3. The summed E-state index contributed by atoms with van der Waals surface area (Å²) in [6.07, 6.45) is 0.647. The molecule has 1 atom stereocenters. The molecule has 0 bridgehead atoms. The van der Waals surface area contributed by atoms with E-state index >= 15 is 0 Å². The van der Waals surface area contributed by atoms with Gasteiger partial charge in [-0.05, 0) is 42.6 Å². The zero-order valence-corrected chi connectivity index (χ0v) is 12.5. The molecule has 19 heavy (non-hydrogen) atoms. The van der Waals surface area contributed by atoms with Gasteiger partial charge in [-0.3, -0.25) is 0 Å². The van der Waals surface area contributed by atoms with Crippen LogP contribution in [0.3, 0.4) is 0 Å². The minimum Gasteiger partial charge on any atom is -0.391 e. The van der Waals surface area contributed by atoms with E-state index in [2.05, 4.69) is 30.1 Å². The van der Waals surface area contributed by atoms with E-state index in [1.165, 1.54) is 11.3 Å². The summed E-state index contributed by atoms with van der Waals surface area (Å²) in [5.41, 5.74) is 2.40. The minimum atomic E-state index is -0.202. The zero-order chi connectivity index (χ0) is 13.8. The highest BCUT2D eigenvalue weighted by molar-refractivity contribution is 6.30. The first-order valence-corrected chi connectivity index (χ1v) is 7.36. The van der Waals surface area contributed by atoms with Gasteiger partial charge in [0.25, 0.3) is 0 Å². The van der Waals surface area contributed by atoms with Gasteiger partial charge in [-0.25, -0.2) is 0 Å². The predicted octanol–water partition coefficient (Wildman–Crippen LogP) is 2.66. The molecule has 106 valence electrons. The first-order valence-electron chi connectivity index (χ1n) is 6.98. The third kappa shape index (κ3) is 4.10. The number of aliphatic hydroxyl groups is 1. The molecule has 1 unspecified atom stereocenters. The van der Waals surface area contributed by atoms with Crippen LogP contribution in [0.2, 0.25) is 5.02 Å². The lowest BCUT2D eigenvalue weighted by molar-refractivity contribution is 0.198. The highest BCUT2D eigenvalue weighted by Gasteiger charge is 2.22. The van der Waals surface area contributed by atoms with E-state index in [1.807, 2.05) is 12.1 Å². The van der Waals surface area contributed by atoms with E-state index in [1.54, 1.807) is 0 Å². The third-order valence-corrected chi connectivity index (χ3v) is 3.65. The molecule has 0 saturated carbocycles. The quantitative estimate of drug-likeness (QED) is 0.872. The second-order valence-corrected chi connectivity index (χ2v) is 6.12. The standard InChI is InChI=1S/C15H23ClN2O/c1-11(2)8-17-9-12-7-13(16)3-4-15(12)18-6-5-14(19)10-18/h3-4,7,11,14,17,19H,5-6,8-10H2,1-2H3. The van der Waals surface area contributed by atoms with Crippen LogP contribution in [0, 0.1) is 5.92 Å². The Balaban J connectivity index is 2.09. The second kappa shape index (κ2) is 6.60. The molecule has 0 aliphatic carbocycles. The fourth-order valence-electron chi connectivity index (χ4n) is 2.46. The SMILES string of the molecule is CC(C)CNCc1cc(Cl)ccc1N1CCC(O)C1. The highest BCUT2D eigenvalue weighted by atomic mass is 35.5. The van der Waals surface area contributed by atoms with Crippen LogP contribution in [0.5, 0.6) is 0 Å². The fraction of sp³-hybridized carbons (Fsp3) is 0.600. The van der Waals surface area contributed by atoms with Crippen LogP contribution >= 0.6 is 11.6 Å². The van der Waals surface area contributed by atoms with Crippen molar-refractivity contribution in [2.75, 3.05) is 24.5 Å². The van der Waals surface area contributed by atoms with Crippen molar-refractivity contribution in [2.24, 2.45) is 5.92 Å². The molecule has 1 saturated heterocycles. The number of aliphatic hydroxyl groups excluding tert-OH is 1. The lowest BCUT2D eigenvalue weighted by atomic mass is 10.1. The van der Waals surface area contributed by atoms with Gasteiger partial charge in [0.05, 0.1) is 6.10 Å². The van der Waals surface area contributed by atoms with E-state index in [0.29, 0.717) is 5.92 Å². The van der Waals surface area contributed by atoms with Crippen molar-refractivity contribution in [1.82, 2.24) is 5.32 Å². The molecule has 1 aliphatic rings. The number of nitrogens with zero attached hydrogens (tertiary/aromatic N) is 1. The normalized spacial score (nSPS) is 19.4. The molecule has 1 aliphatic heterocycles. The van der Waals surface area contributed by atoms with Gasteiger partial charge in [-0.2, -0.15) is 0 Å². The highest BCUT2D eigenvalue weighted by Crippen LogP contribution is 2.27. The van der Waals surface area contributed by atoms with Gasteiger partial charge < -0.3 is 15.3 Å². The summed E-state index contributed by atoms with van der Waals surface area (Å²) in [5, 5.41) is 13.9. The molecule has 0 aromatic heterocycles. The summed E-state index contributed by atoms with van der Waals surface area (Å²) in [6.45, 7) is 7.85. The fourth-order valence-corrected chi connectivity index (χ4v) is 2.66. The van der Waals surface area contributed by atoms with Gasteiger partial charge >= 0.3 is 0 Å². The smallest absolute Gasteiger partial charge is 0.0731 e. The van der Waals surface area contributed by atoms with Gasteiger partial charge in [0.2, 0.25) is 0 Å². The van der Waals surface area contributed by atoms with Crippen molar-refractivity contribution in [3.63, 3.8) is 0 Å². The van der Waals surface area contributed by atoms with Gasteiger partial charge in [0.15, 0.2) is 0 Å². The summed E-state index contributed by atoms with van der Waals surface area (Å²) < 4.78 is 0. The van der Waals surface area contributed by atoms with Crippen LogP contribution in [0.25, 0.3) is 0 Å². The van der Waals surface area contributed by atoms with Crippen LogP contribution < -0.4 is 10.2 Å². The van der Waals surface area contributed by atoms with Crippen molar-refractivity contribution < 1.29 is 5.11 Å². The molecule has 1 aromatic rings. The van der Waals surface area contributed by atoms with E-state index in [0.717, 1.165) is 37.6 Å². The Morgan fingerprint density at radius 2 is 2.26 bits per heavy atom. The Morgan fingerprint density at radius 1 is 1.47 bits per heavy atom. The Morgan fingerprint density at radius 3 is 2.89 bits per heavy atom. The molecular formula is C15H23ClN2O. The number of benzene rings is 1. The molecular weight excluding hydrogens is 260 g/mol. The molecule has 2 rings (SSSR count). The van der Waals surface area contributed by atoms with Crippen molar-refractivity contribution in [2.45, 2.75) is 32.9 Å².